The topological polar surface area (TPSA) is 0 Å². The summed E-state index contributed by atoms with van der Waals surface area (Å²) in [5.74, 6) is 0. The van der Waals surface area contributed by atoms with Gasteiger partial charge in [-0.1, -0.05) is 24.9 Å². The molecular formula is C10H10ClF3. The molecule has 78 valence electrons. The molecule has 0 nitrogen and oxygen atoms in total. The predicted molar refractivity (Wildman–Crippen MR) is 50.4 cm³/mol. The SMILES string of the molecule is CCCc1cc(Cl)cc(C(F)(F)F)c1. The average Bonchev–Trinajstić information content (AvgIpc) is 2.02. The summed E-state index contributed by atoms with van der Waals surface area (Å²) in [6.45, 7) is 1.91. The van der Waals surface area contributed by atoms with Gasteiger partial charge < -0.3 is 0 Å². The number of alkyl halides is 3. The number of benzene rings is 1. The van der Waals surface area contributed by atoms with E-state index in [1.165, 1.54) is 0 Å². The minimum atomic E-state index is -4.31. The van der Waals surface area contributed by atoms with Crippen LogP contribution in [0.5, 0.6) is 0 Å². The number of hydrogen-bond donors (Lipinski definition) is 0. The molecular weight excluding hydrogens is 213 g/mol. The second-order valence-electron chi connectivity index (χ2n) is 3.10. The Bertz CT molecular complexity index is 318. The number of aryl methyl sites for hydroxylation is 1. The molecule has 0 spiro atoms. The van der Waals surface area contributed by atoms with Crippen molar-refractivity contribution in [2.75, 3.05) is 0 Å². The minimum Gasteiger partial charge on any atom is -0.166 e. The van der Waals surface area contributed by atoms with Gasteiger partial charge in [0, 0.05) is 5.02 Å². The van der Waals surface area contributed by atoms with Crippen LogP contribution in [0.25, 0.3) is 0 Å². The summed E-state index contributed by atoms with van der Waals surface area (Å²) in [6.07, 6.45) is -2.89. The summed E-state index contributed by atoms with van der Waals surface area (Å²) in [5.41, 5.74) is -0.0409. The number of halogens is 4. The quantitative estimate of drug-likeness (QED) is 0.700. The highest BCUT2D eigenvalue weighted by Crippen LogP contribution is 2.32. The molecule has 0 aromatic heterocycles. The standard InChI is InChI=1S/C10H10ClF3/c1-2-3-7-4-8(10(12,13)14)6-9(11)5-7/h4-6H,2-3H2,1H3. The molecule has 0 N–H and O–H groups in total. The molecule has 0 saturated heterocycles. The van der Waals surface area contributed by atoms with E-state index < -0.39 is 11.7 Å². The number of hydrogen-bond acceptors (Lipinski definition) is 0. The molecule has 0 radical (unpaired) electrons. The Morgan fingerprint density at radius 3 is 2.36 bits per heavy atom. The Morgan fingerprint density at radius 2 is 1.86 bits per heavy atom. The normalized spacial score (nSPS) is 11.8. The third-order valence-corrected chi connectivity index (χ3v) is 2.04. The first-order valence-corrected chi connectivity index (χ1v) is 4.68. The molecule has 0 aliphatic carbocycles. The lowest BCUT2D eigenvalue weighted by Gasteiger charge is -2.09. The fraction of sp³-hybridized carbons (Fsp3) is 0.400. The molecule has 0 bridgehead atoms. The van der Waals surface area contributed by atoms with Crippen LogP contribution in [0.15, 0.2) is 18.2 Å². The minimum absolute atomic E-state index is 0.142. The monoisotopic (exact) mass is 222 g/mol. The zero-order valence-corrected chi connectivity index (χ0v) is 8.41. The van der Waals surface area contributed by atoms with E-state index >= 15 is 0 Å². The van der Waals surface area contributed by atoms with Gasteiger partial charge >= 0.3 is 6.18 Å². The van der Waals surface area contributed by atoms with E-state index in [0.717, 1.165) is 18.6 Å². The smallest absolute Gasteiger partial charge is 0.166 e. The van der Waals surface area contributed by atoms with Crippen molar-refractivity contribution in [3.8, 4) is 0 Å². The first-order valence-electron chi connectivity index (χ1n) is 4.30. The van der Waals surface area contributed by atoms with E-state index in [9.17, 15) is 13.2 Å². The van der Waals surface area contributed by atoms with Crippen LogP contribution in [-0.4, -0.2) is 0 Å². The summed E-state index contributed by atoms with van der Waals surface area (Å²) < 4.78 is 37.0. The first kappa shape index (κ1) is 11.4. The van der Waals surface area contributed by atoms with Crippen LogP contribution in [0.3, 0.4) is 0 Å². The van der Waals surface area contributed by atoms with E-state index in [2.05, 4.69) is 0 Å². The maximum atomic E-state index is 12.3. The second-order valence-corrected chi connectivity index (χ2v) is 3.53. The van der Waals surface area contributed by atoms with Crippen molar-refractivity contribution in [1.29, 1.82) is 0 Å². The molecule has 0 heterocycles. The van der Waals surface area contributed by atoms with Crippen LogP contribution in [0, 0.1) is 0 Å². The highest BCUT2D eigenvalue weighted by Gasteiger charge is 2.30. The summed E-state index contributed by atoms with van der Waals surface area (Å²) in [7, 11) is 0. The summed E-state index contributed by atoms with van der Waals surface area (Å²) in [6, 6.07) is 3.66. The largest absolute Gasteiger partial charge is 0.416 e. The lowest BCUT2D eigenvalue weighted by molar-refractivity contribution is -0.137. The molecule has 1 rings (SSSR count). The molecule has 4 heteroatoms. The van der Waals surface area contributed by atoms with Gasteiger partial charge in [-0.25, -0.2) is 0 Å². The van der Waals surface area contributed by atoms with E-state index in [0.29, 0.717) is 12.0 Å². The van der Waals surface area contributed by atoms with Crippen molar-refractivity contribution in [3.63, 3.8) is 0 Å². The van der Waals surface area contributed by atoms with E-state index in [-0.39, 0.29) is 5.02 Å². The van der Waals surface area contributed by atoms with Crippen LogP contribution in [0.4, 0.5) is 13.2 Å². The van der Waals surface area contributed by atoms with Gasteiger partial charge in [0.05, 0.1) is 5.56 Å². The zero-order valence-electron chi connectivity index (χ0n) is 7.66. The molecule has 14 heavy (non-hydrogen) atoms. The van der Waals surface area contributed by atoms with E-state index in [1.54, 1.807) is 6.07 Å². The van der Waals surface area contributed by atoms with Gasteiger partial charge in [0.25, 0.3) is 0 Å². The third-order valence-electron chi connectivity index (χ3n) is 1.82. The molecule has 1 aromatic carbocycles. The van der Waals surface area contributed by atoms with Crippen molar-refractivity contribution in [1.82, 2.24) is 0 Å². The van der Waals surface area contributed by atoms with Gasteiger partial charge in [-0.05, 0) is 30.2 Å². The lowest BCUT2D eigenvalue weighted by Crippen LogP contribution is -2.05. The maximum Gasteiger partial charge on any atom is 0.416 e. The van der Waals surface area contributed by atoms with Crippen molar-refractivity contribution >= 4 is 11.6 Å². The van der Waals surface area contributed by atoms with Gasteiger partial charge in [-0.15, -0.1) is 0 Å². The van der Waals surface area contributed by atoms with Gasteiger partial charge in [0.15, 0.2) is 0 Å². The summed E-state index contributed by atoms with van der Waals surface area (Å²) in [4.78, 5) is 0. The van der Waals surface area contributed by atoms with Gasteiger partial charge in [0.2, 0.25) is 0 Å². The van der Waals surface area contributed by atoms with Crippen molar-refractivity contribution < 1.29 is 13.2 Å². The van der Waals surface area contributed by atoms with Gasteiger partial charge in [-0.3, -0.25) is 0 Å². The molecule has 0 atom stereocenters. The Hall–Kier alpha value is -0.700. The van der Waals surface area contributed by atoms with Crippen molar-refractivity contribution in [2.45, 2.75) is 25.9 Å². The molecule has 0 aliphatic heterocycles. The fourth-order valence-electron chi connectivity index (χ4n) is 1.25. The zero-order chi connectivity index (χ0) is 10.8. The third kappa shape index (κ3) is 2.91. The van der Waals surface area contributed by atoms with Gasteiger partial charge in [-0.2, -0.15) is 13.2 Å². The van der Waals surface area contributed by atoms with Crippen molar-refractivity contribution in [3.05, 3.63) is 34.3 Å². The van der Waals surface area contributed by atoms with E-state index in [1.807, 2.05) is 6.92 Å². The highest BCUT2D eigenvalue weighted by atomic mass is 35.5. The lowest BCUT2D eigenvalue weighted by atomic mass is 10.1. The molecule has 0 amide bonds. The summed E-state index contributed by atoms with van der Waals surface area (Å²) in [5, 5.41) is 0.142. The van der Waals surface area contributed by atoms with Crippen molar-refractivity contribution in [2.24, 2.45) is 0 Å². The maximum absolute atomic E-state index is 12.3. The Balaban J connectivity index is 3.07. The Kier molecular flexibility index (Phi) is 3.43. The first-order chi connectivity index (χ1) is 6.43. The molecule has 0 saturated carbocycles. The van der Waals surface area contributed by atoms with Crippen LogP contribution >= 0.6 is 11.6 Å². The van der Waals surface area contributed by atoms with Crippen LogP contribution in [-0.2, 0) is 12.6 Å². The van der Waals surface area contributed by atoms with Crippen LogP contribution in [0.1, 0.15) is 24.5 Å². The average molecular weight is 223 g/mol. The van der Waals surface area contributed by atoms with Crippen LogP contribution < -0.4 is 0 Å². The predicted octanol–water partition coefficient (Wildman–Crippen LogP) is 4.31. The Labute approximate surface area is 85.7 Å². The Morgan fingerprint density at radius 1 is 1.21 bits per heavy atom. The molecule has 0 aliphatic rings. The molecule has 0 unspecified atom stereocenters. The van der Waals surface area contributed by atoms with Gasteiger partial charge in [0.1, 0.15) is 0 Å². The molecule has 0 fully saturated rings. The van der Waals surface area contributed by atoms with Crippen LogP contribution in [0.2, 0.25) is 5.02 Å². The fourth-order valence-corrected chi connectivity index (χ4v) is 1.50. The summed E-state index contributed by atoms with van der Waals surface area (Å²) >= 11 is 5.59. The highest BCUT2D eigenvalue weighted by molar-refractivity contribution is 6.30. The number of rotatable bonds is 2. The second kappa shape index (κ2) is 4.22. The van der Waals surface area contributed by atoms with E-state index in [4.69, 9.17) is 11.6 Å². The molecule has 1 aromatic rings.